The molecule has 0 aromatic heterocycles. The van der Waals surface area contributed by atoms with Gasteiger partial charge >= 0.3 is 0 Å². The molecule has 0 aromatic carbocycles. The van der Waals surface area contributed by atoms with Crippen LogP contribution in [-0.4, -0.2) is 13.3 Å². The standard InChI is InChI=1S/C11H18N2/c1-4-5-10-8-9(2)6-7-13-11(10)12-3/h4-5,9,13H,3,6-8H2,1-2H3/b5-4-. The summed E-state index contributed by atoms with van der Waals surface area (Å²) in [6.45, 7) is 8.90. The number of allylic oxidation sites excluding steroid dienone is 3. The molecule has 1 unspecified atom stereocenters. The van der Waals surface area contributed by atoms with Crippen molar-refractivity contribution in [1.82, 2.24) is 5.32 Å². The van der Waals surface area contributed by atoms with Crippen LogP contribution in [0.15, 0.2) is 28.5 Å². The van der Waals surface area contributed by atoms with Gasteiger partial charge in [0.1, 0.15) is 5.82 Å². The molecule has 2 nitrogen and oxygen atoms in total. The number of nitrogens with one attached hydrogen (secondary N) is 1. The fourth-order valence-electron chi connectivity index (χ4n) is 1.63. The van der Waals surface area contributed by atoms with Crippen LogP contribution in [0.2, 0.25) is 0 Å². The van der Waals surface area contributed by atoms with Crippen molar-refractivity contribution in [2.75, 3.05) is 6.54 Å². The van der Waals surface area contributed by atoms with Crippen LogP contribution in [0.5, 0.6) is 0 Å². The third-order valence-electron chi connectivity index (χ3n) is 2.33. The van der Waals surface area contributed by atoms with Gasteiger partial charge in [-0.1, -0.05) is 19.1 Å². The molecule has 0 bridgehead atoms. The molecule has 1 aliphatic heterocycles. The van der Waals surface area contributed by atoms with Crippen molar-refractivity contribution >= 4 is 6.72 Å². The Labute approximate surface area is 80.4 Å². The van der Waals surface area contributed by atoms with Crippen LogP contribution in [0.25, 0.3) is 0 Å². The Morgan fingerprint density at radius 1 is 1.62 bits per heavy atom. The molecule has 1 atom stereocenters. The van der Waals surface area contributed by atoms with Gasteiger partial charge in [-0.3, -0.25) is 0 Å². The smallest absolute Gasteiger partial charge is 0.128 e. The van der Waals surface area contributed by atoms with Crippen molar-refractivity contribution in [3.63, 3.8) is 0 Å². The molecule has 0 saturated heterocycles. The summed E-state index contributed by atoms with van der Waals surface area (Å²) in [6.07, 6.45) is 6.49. The summed E-state index contributed by atoms with van der Waals surface area (Å²) in [7, 11) is 0. The van der Waals surface area contributed by atoms with Gasteiger partial charge in [-0.2, -0.15) is 0 Å². The summed E-state index contributed by atoms with van der Waals surface area (Å²) in [4.78, 5) is 4.01. The van der Waals surface area contributed by atoms with E-state index in [1.807, 2.05) is 6.92 Å². The van der Waals surface area contributed by atoms with Crippen molar-refractivity contribution in [1.29, 1.82) is 0 Å². The van der Waals surface area contributed by atoms with E-state index in [1.165, 1.54) is 12.0 Å². The number of nitrogens with zero attached hydrogens (tertiary/aromatic N) is 1. The maximum absolute atomic E-state index is 4.01. The SMILES string of the molecule is C=NC1=C(/C=C\C)CC(C)CCN1. The van der Waals surface area contributed by atoms with Gasteiger partial charge in [-0.25, -0.2) is 4.99 Å². The maximum atomic E-state index is 4.01. The van der Waals surface area contributed by atoms with Crippen molar-refractivity contribution < 1.29 is 0 Å². The predicted molar refractivity (Wildman–Crippen MR) is 57.8 cm³/mol. The van der Waals surface area contributed by atoms with E-state index < -0.39 is 0 Å². The van der Waals surface area contributed by atoms with E-state index in [4.69, 9.17) is 0 Å². The summed E-state index contributed by atoms with van der Waals surface area (Å²) in [6, 6.07) is 0. The molecular weight excluding hydrogens is 160 g/mol. The van der Waals surface area contributed by atoms with Gasteiger partial charge in [-0.05, 0) is 38.0 Å². The van der Waals surface area contributed by atoms with Gasteiger partial charge in [0, 0.05) is 6.54 Å². The molecule has 1 rings (SSSR count). The van der Waals surface area contributed by atoms with E-state index in [-0.39, 0.29) is 0 Å². The Hall–Kier alpha value is -1.05. The first kappa shape index (κ1) is 10.0. The highest BCUT2D eigenvalue weighted by Crippen LogP contribution is 2.21. The molecule has 1 aliphatic rings. The Morgan fingerprint density at radius 2 is 2.38 bits per heavy atom. The lowest BCUT2D eigenvalue weighted by atomic mass is 9.99. The van der Waals surface area contributed by atoms with Gasteiger partial charge in [0.05, 0.1) is 0 Å². The average Bonchev–Trinajstić information content (AvgIpc) is 2.28. The van der Waals surface area contributed by atoms with Crippen LogP contribution in [-0.2, 0) is 0 Å². The lowest BCUT2D eigenvalue weighted by Crippen LogP contribution is -2.13. The highest BCUT2D eigenvalue weighted by molar-refractivity contribution is 5.34. The monoisotopic (exact) mass is 178 g/mol. The summed E-state index contributed by atoms with van der Waals surface area (Å²) in [5, 5.41) is 3.30. The highest BCUT2D eigenvalue weighted by Gasteiger charge is 2.12. The summed E-state index contributed by atoms with van der Waals surface area (Å²) >= 11 is 0. The average molecular weight is 178 g/mol. The van der Waals surface area contributed by atoms with Crippen molar-refractivity contribution in [3.05, 3.63) is 23.5 Å². The largest absolute Gasteiger partial charge is 0.370 e. The molecule has 0 radical (unpaired) electrons. The second-order valence-corrected chi connectivity index (χ2v) is 3.56. The summed E-state index contributed by atoms with van der Waals surface area (Å²) in [5.74, 6) is 1.69. The lowest BCUT2D eigenvalue weighted by molar-refractivity contribution is 0.538. The van der Waals surface area contributed by atoms with Gasteiger partial charge in [-0.15, -0.1) is 0 Å². The number of rotatable bonds is 2. The Balaban J connectivity index is 2.87. The number of hydrogen-bond acceptors (Lipinski definition) is 2. The molecule has 1 heterocycles. The fraction of sp³-hybridized carbons (Fsp3) is 0.545. The Bertz CT molecular complexity index is 238. The first-order valence-corrected chi connectivity index (χ1v) is 4.84. The van der Waals surface area contributed by atoms with Crippen molar-refractivity contribution in [2.24, 2.45) is 10.9 Å². The quantitative estimate of drug-likeness (QED) is 0.645. The molecule has 0 aliphatic carbocycles. The topological polar surface area (TPSA) is 24.4 Å². The molecule has 0 fully saturated rings. The molecule has 1 N–H and O–H groups in total. The number of hydrogen-bond donors (Lipinski definition) is 1. The van der Waals surface area contributed by atoms with E-state index in [0.717, 1.165) is 24.7 Å². The second kappa shape index (κ2) is 4.85. The van der Waals surface area contributed by atoms with Crippen LogP contribution >= 0.6 is 0 Å². The van der Waals surface area contributed by atoms with Gasteiger partial charge in [0.2, 0.25) is 0 Å². The van der Waals surface area contributed by atoms with Crippen LogP contribution in [0, 0.1) is 5.92 Å². The van der Waals surface area contributed by atoms with Crippen LogP contribution in [0.1, 0.15) is 26.7 Å². The minimum atomic E-state index is 0.734. The summed E-state index contributed by atoms with van der Waals surface area (Å²) < 4.78 is 0. The molecule has 0 amide bonds. The van der Waals surface area contributed by atoms with E-state index in [1.54, 1.807) is 0 Å². The zero-order chi connectivity index (χ0) is 9.68. The van der Waals surface area contributed by atoms with Crippen molar-refractivity contribution in [2.45, 2.75) is 26.7 Å². The molecular formula is C11H18N2. The van der Waals surface area contributed by atoms with E-state index in [0.29, 0.717) is 0 Å². The van der Waals surface area contributed by atoms with Gasteiger partial charge in [0.25, 0.3) is 0 Å². The van der Waals surface area contributed by atoms with Crippen molar-refractivity contribution in [3.8, 4) is 0 Å². The molecule has 0 saturated carbocycles. The maximum Gasteiger partial charge on any atom is 0.128 e. The first-order valence-electron chi connectivity index (χ1n) is 4.84. The highest BCUT2D eigenvalue weighted by atomic mass is 15.0. The molecule has 13 heavy (non-hydrogen) atoms. The van der Waals surface area contributed by atoms with E-state index >= 15 is 0 Å². The van der Waals surface area contributed by atoms with Crippen LogP contribution < -0.4 is 5.32 Å². The van der Waals surface area contributed by atoms with E-state index in [2.05, 4.69) is 36.1 Å². The normalized spacial score (nSPS) is 24.3. The minimum absolute atomic E-state index is 0.734. The zero-order valence-corrected chi connectivity index (χ0v) is 8.51. The third-order valence-corrected chi connectivity index (χ3v) is 2.33. The fourth-order valence-corrected chi connectivity index (χ4v) is 1.63. The Kier molecular flexibility index (Phi) is 3.74. The lowest BCUT2D eigenvalue weighted by Gasteiger charge is -2.06. The predicted octanol–water partition coefficient (Wildman–Crippen LogP) is 2.49. The minimum Gasteiger partial charge on any atom is -0.370 e. The zero-order valence-electron chi connectivity index (χ0n) is 8.51. The molecule has 2 heteroatoms. The molecule has 72 valence electrons. The Morgan fingerprint density at radius 3 is 3.00 bits per heavy atom. The van der Waals surface area contributed by atoms with Gasteiger partial charge in [0.15, 0.2) is 0 Å². The van der Waals surface area contributed by atoms with Gasteiger partial charge < -0.3 is 5.32 Å². The first-order chi connectivity index (χ1) is 6.27. The van der Waals surface area contributed by atoms with E-state index in [9.17, 15) is 0 Å². The molecule has 0 aromatic rings. The number of aliphatic imine (C=N–C) groups is 1. The van der Waals surface area contributed by atoms with Crippen LogP contribution in [0.4, 0.5) is 0 Å². The second-order valence-electron chi connectivity index (χ2n) is 3.56. The summed E-state index contributed by atoms with van der Waals surface area (Å²) in [5.41, 5.74) is 1.28. The van der Waals surface area contributed by atoms with Crippen LogP contribution in [0.3, 0.4) is 0 Å². The third kappa shape index (κ3) is 2.72. The molecule has 0 spiro atoms.